The summed E-state index contributed by atoms with van der Waals surface area (Å²) in [5.41, 5.74) is -0.382. The van der Waals surface area contributed by atoms with Gasteiger partial charge in [0.1, 0.15) is 0 Å². The van der Waals surface area contributed by atoms with Crippen LogP contribution in [0.4, 0.5) is 0 Å². The highest BCUT2D eigenvalue weighted by molar-refractivity contribution is 5.91. The van der Waals surface area contributed by atoms with E-state index in [0.717, 1.165) is 0 Å². The molecule has 0 spiro atoms. The first-order valence-electron chi connectivity index (χ1n) is 4.24. The molecule has 0 unspecified atom stereocenters. The van der Waals surface area contributed by atoms with Gasteiger partial charge in [-0.2, -0.15) is 0 Å². The van der Waals surface area contributed by atoms with Crippen LogP contribution in [-0.2, 0) is 9.59 Å². The lowest BCUT2D eigenvalue weighted by Crippen LogP contribution is -2.25. The predicted molar refractivity (Wildman–Crippen MR) is 47.1 cm³/mol. The molecule has 2 atom stereocenters. The first-order valence-corrected chi connectivity index (χ1v) is 4.24. The van der Waals surface area contributed by atoms with Crippen molar-refractivity contribution in [1.82, 2.24) is 4.90 Å². The van der Waals surface area contributed by atoms with E-state index in [4.69, 9.17) is 5.11 Å². The van der Waals surface area contributed by atoms with Crippen molar-refractivity contribution < 1.29 is 14.7 Å². The SMILES string of the molecule is CN(C)C(=O)[C@H]1[C@@H](C(=O)O)C1(C)C. The van der Waals surface area contributed by atoms with Crippen molar-refractivity contribution in [3.8, 4) is 0 Å². The van der Waals surface area contributed by atoms with E-state index in [1.807, 2.05) is 13.8 Å². The minimum atomic E-state index is -0.870. The highest BCUT2D eigenvalue weighted by atomic mass is 16.4. The first-order chi connectivity index (χ1) is 5.80. The molecule has 1 N–H and O–H groups in total. The second-order valence-corrected chi connectivity index (χ2v) is 4.35. The lowest BCUT2D eigenvalue weighted by molar-refractivity contribution is -0.141. The molecule has 1 aliphatic carbocycles. The van der Waals surface area contributed by atoms with Gasteiger partial charge in [0.25, 0.3) is 0 Å². The van der Waals surface area contributed by atoms with Gasteiger partial charge in [0, 0.05) is 14.1 Å². The summed E-state index contributed by atoms with van der Waals surface area (Å²) in [6.07, 6.45) is 0. The van der Waals surface area contributed by atoms with Gasteiger partial charge in [-0.3, -0.25) is 9.59 Å². The zero-order valence-electron chi connectivity index (χ0n) is 8.37. The van der Waals surface area contributed by atoms with Crippen molar-refractivity contribution in [3.63, 3.8) is 0 Å². The Bertz CT molecular complexity index is 258. The topological polar surface area (TPSA) is 57.6 Å². The normalized spacial score (nSPS) is 29.5. The van der Waals surface area contributed by atoms with E-state index in [2.05, 4.69) is 0 Å². The van der Waals surface area contributed by atoms with Crippen molar-refractivity contribution in [3.05, 3.63) is 0 Å². The number of hydrogen-bond acceptors (Lipinski definition) is 2. The average molecular weight is 185 g/mol. The van der Waals surface area contributed by atoms with E-state index in [-0.39, 0.29) is 17.2 Å². The van der Waals surface area contributed by atoms with Crippen LogP contribution in [0.5, 0.6) is 0 Å². The van der Waals surface area contributed by atoms with Crippen molar-refractivity contribution >= 4 is 11.9 Å². The van der Waals surface area contributed by atoms with E-state index in [0.29, 0.717) is 0 Å². The molecule has 4 nitrogen and oxygen atoms in total. The van der Waals surface area contributed by atoms with Crippen LogP contribution in [0, 0.1) is 17.3 Å². The Morgan fingerprint density at radius 2 is 1.69 bits per heavy atom. The Balaban J connectivity index is 2.76. The van der Waals surface area contributed by atoms with Crippen LogP contribution in [0.25, 0.3) is 0 Å². The van der Waals surface area contributed by atoms with Gasteiger partial charge in [-0.1, -0.05) is 13.8 Å². The van der Waals surface area contributed by atoms with Crippen LogP contribution in [0.15, 0.2) is 0 Å². The number of carbonyl (C=O) groups excluding carboxylic acids is 1. The molecule has 0 bridgehead atoms. The van der Waals surface area contributed by atoms with Gasteiger partial charge in [-0.25, -0.2) is 0 Å². The molecule has 0 saturated heterocycles. The fourth-order valence-electron chi connectivity index (χ4n) is 1.84. The third-order valence-electron chi connectivity index (χ3n) is 2.80. The Labute approximate surface area is 77.5 Å². The van der Waals surface area contributed by atoms with Crippen LogP contribution < -0.4 is 0 Å². The van der Waals surface area contributed by atoms with Crippen molar-refractivity contribution in [2.45, 2.75) is 13.8 Å². The van der Waals surface area contributed by atoms with Crippen LogP contribution in [0.1, 0.15) is 13.8 Å². The molecule has 0 aromatic heterocycles. The number of nitrogens with zero attached hydrogens (tertiary/aromatic N) is 1. The summed E-state index contributed by atoms with van der Waals surface area (Å²) in [6, 6.07) is 0. The Morgan fingerprint density at radius 1 is 1.23 bits per heavy atom. The van der Waals surface area contributed by atoms with Crippen LogP contribution in [0.3, 0.4) is 0 Å². The third-order valence-corrected chi connectivity index (χ3v) is 2.80. The largest absolute Gasteiger partial charge is 0.481 e. The van der Waals surface area contributed by atoms with Gasteiger partial charge >= 0.3 is 5.97 Å². The summed E-state index contributed by atoms with van der Waals surface area (Å²) in [5.74, 6) is -1.81. The second kappa shape index (κ2) is 2.72. The number of carboxylic acids is 1. The minimum Gasteiger partial charge on any atom is -0.481 e. The zero-order valence-corrected chi connectivity index (χ0v) is 8.37. The Kier molecular flexibility index (Phi) is 2.10. The maximum atomic E-state index is 11.5. The first kappa shape index (κ1) is 10.0. The number of carboxylic acid groups (broad SMARTS) is 1. The molecule has 0 heterocycles. The van der Waals surface area contributed by atoms with Crippen molar-refractivity contribution in [1.29, 1.82) is 0 Å². The summed E-state index contributed by atoms with van der Waals surface area (Å²) in [5, 5.41) is 8.82. The summed E-state index contributed by atoms with van der Waals surface area (Å²) < 4.78 is 0. The number of rotatable bonds is 2. The molecule has 0 aromatic rings. The van der Waals surface area contributed by atoms with E-state index in [1.54, 1.807) is 14.1 Å². The molecule has 0 radical (unpaired) electrons. The van der Waals surface area contributed by atoms with Gasteiger partial charge in [0.2, 0.25) is 5.91 Å². The smallest absolute Gasteiger partial charge is 0.307 e. The number of amides is 1. The van der Waals surface area contributed by atoms with E-state index < -0.39 is 11.9 Å². The van der Waals surface area contributed by atoms with Crippen molar-refractivity contribution in [2.75, 3.05) is 14.1 Å². The van der Waals surface area contributed by atoms with Crippen LogP contribution in [0.2, 0.25) is 0 Å². The number of carbonyl (C=O) groups is 2. The van der Waals surface area contributed by atoms with E-state index >= 15 is 0 Å². The fraction of sp³-hybridized carbons (Fsp3) is 0.778. The summed E-state index contributed by atoms with van der Waals surface area (Å²) in [7, 11) is 3.30. The van der Waals surface area contributed by atoms with Crippen LogP contribution in [-0.4, -0.2) is 36.0 Å². The van der Waals surface area contributed by atoms with E-state index in [9.17, 15) is 9.59 Å². The van der Waals surface area contributed by atoms with Gasteiger partial charge in [0.15, 0.2) is 0 Å². The molecule has 4 heteroatoms. The lowest BCUT2D eigenvalue weighted by atomic mass is 10.1. The maximum Gasteiger partial charge on any atom is 0.307 e. The Hall–Kier alpha value is -1.06. The molecule has 1 fully saturated rings. The molecule has 0 aromatic carbocycles. The summed E-state index contributed by atoms with van der Waals surface area (Å²) in [6.45, 7) is 3.63. The highest BCUT2D eigenvalue weighted by Crippen LogP contribution is 2.58. The fourth-order valence-corrected chi connectivity index (χ4v) is 1.84. The standard InChI is InChI=1S/C9H15NO3/c1-9(2)5(6(9)8(12)13)7(11)10(3)4/h5-6H,1-4H3,(H,12,13)/t5-,6+/m1/s1. The van der Waals surface area contributed by atoms with E-state index in [1.165, 1.54) is 4.90 Å². The monoisotopic (exact) mass is 185 g/mol. The summed E-state index contributed by atoms with van der Waals surface area (Å²) in [4.78, 5) is 23.7. The number of hydrogen-bond donors (Lipinski definition) is 1. The van der Waals surface area contributed by atoms with Gasteiger partial charge in [-0.15, -0.1) is 0 Å². The third kappa shape index (κ3) is 1.41. The molecule has 1 aliphatic rings. The molecule has 1 rings (SSSR count). The molecule has 13 heavy (non-hydrogen) atoms. The predicted octanol–water partition coefficient (Wildman–Crippen LogP) is 0.431. The molecule has 0 aliphatic heterocycles. The lowest BCUT2D eigenvalue weighted by Gasteiger charge is -2.10. The summed E-state index contributed by atoms with van der Waals surface area (Å²) >= 11 is 0. The second-order valence-electron chi connectivity index (χ2n) is 4.35. The molecule has 74 valence electrons. The molecular weight excluding hydrogens is 170 g/mol. The molecule has 1 amide bonds. The maximum absolute atomic E-state index is 11.5. The molecular formula is C9H15NO3. The van der Waals surface area contributed by atoms with Gasteiger partial charge in [-0.05, 0) is 5.41 Å². The quantitative estimate of drug-likeness (QED) is 0.678. The highest BCUT2D eigenvalue weighted by Gasteiger charge is 2.66. The van der Waals surface area contributed by atoms with Gasteiger partial charge < -0.3 is 10.0 Å². The number of aliphatic carboxylic acids is 1. The average Bonchev–Trinajstić information content (AvgIpc) is 2.51. The van der Waals surface area contributed by atoms with Crippen molar-refractivity contribution in [2.24, 2.45) is 17.3 Å². The minimum absolute atomic E-state index is 0.0857. The molecule has 1 saturated carbocycles. The Morgan fingerprint density at radius 3 is 1.92 bits per heavy atom. The zero-order chi connectivity index (χ0) is 10.4. The van der Waals surface area contributed by atoms with Gasteiger partial charge in [0.05, 0.1) is 11.8 Å². The van der Waals surface area contributed by atoms with Crippen LogP contribution >= 0.6 is 0 Å².